The third-order valence-electron chi connectivity index (χ3n) is 6.23. The van der Waals surface area contributed by atoms with Crippen molar-refractivity contribution in [3.8, 4) is 11.1 Å². The van der Waals surface area contributed by atoms with Gasteiger partial charge in [0.1, 0.15) is 6.61 Å². The number of amides is 2. The van der Waals surface area contributed by atoms with Crippen LogP contribution in [-0.2, 0) is 14.3 Å². The van der Waals surface area contributed by atoms with Crippen LogP contribution in [0.4, 0.5) is 4.79 Å². The summed E-state index contributed by atoms with van der Waals surface area (Å²) in [5.74, 6) is -1.19. The van der Waals surface area contributed by atoms with Gasteiger partial charge in [0, 0.05) is 23.9 Å². The number of carboxylic acid groups (broad SMARTS) is 1. The Hall–Kier alpha value is -3.35. The molecule has 0 fully saturated rings. The lowest BCUT2D eigenvalue weighted by molar-refractivity contribution is -0.138. The number of hydrogen-bond donors (Lipinski definition) is 3. The molecule has 7 heteroatoms. The topological polar surface area (TPSA) is 105 Å². The van der Waals surface area contributed by atoms with Crippen LogP contribution < -0.4 is 10.6 Å². The number of carboxylic acids is 1. The van der Waals surface area contributed by atoms with Crippen LogP contribution in [0.3, 0.4) is 0 Å². The van der Waals surface area contributed by atoms with Crippen molar-refractivity contribution < 1.29 is 24.2 Å². The van der Waals surface area contributed by atoms with Crippen molar-refractivity contribution in [2.24, 2.45) is 5.41 Å². The van der Waals surface area contributed by atoms with E-state index < -0.39 is 23.5 Å². The Kier molecular flexibility index (Phi) is 7.74. The highest BCUT2D eigenvalue weighted by Crippen LogP contribution is 2.44. The summed E-state index contributed by atoms with van der Waals surface area (Å²) in [4.78, 5) is 35.8. The molecule has 33 heavy (non-hydrogen) atoms. The summed E-state index contributed by atoms with van der Waals surface area (Å²) in [6, 6.07) is 15.9. The van der Waals surface area contributed by atoms with Crippen LogP contribution in [0.5, 0.6) is 0 Å². The fourth-order valence-corrected chi connectivity index (χ4v) is 4.13. The second kappa shape index (κ2) is 10.5. The summed E-state index contributed by atoms with van der Waals surface area (Å²) in [7, 11) is 0. The molecule has 1 aliphatic rings. The van der Waals surface area contributed by atoms with Gasteiger partial charge >= 0.3 is 12.1 Å². The highest BCUT2D eigenvalue weighted by Gasteiger charge is 2.31. The number of aliphatic carboxylic acids is 1. The standard InChI is InChI=1S/C26H32N2O5/c1-4-17(15-23(29)30)28-24(31)26(2,3)13-14-27-25(32)33-16-22-20-11-7-5-9-18(20)19-10-6-8-12-21(19)22/h5-12,17,22H,4,13-16H2,1-3H3,(H,27,32)(H,28,31)(H,29,30)/t17-/m0/s1. The fourth-order valence-electron chi connectivity index (χ4n) is 4.13. The first kappa shape index (κ1) is 24.3. The summed E-state index contributed by atoms with van der Waals surface area (Å²) < 4.78 is 5.52. The van der Waals surface area contributed by atoms with Crippen molar-refractivity contribution in [2.75, 3.05) is 13.2 Å². The zero-order valence-electron chi connectivity index (χ0n) is 19.4. The van der Waals surface area contributed by atoms with Gasteiger partial charge in [-0.3, -0.25) is 9.59 Å². The van der Waals surface area contributed by atoms with Gasteiger partial charge in [0.15, 0.2) is 0 Å². The quantitative estimate of drug-likeness (QED) is 0.498. The number of nitrogens with one attached hydrogen (secondary N) is 2. The van der Waals surface area contributed by atoms with Crippen molar-refractivity contribution in [3.63, 3.8) is 0 Å². The van der Waals surface area contributed by atoms with Gasteiger partial charge in [-0.15, -0.1) is 0 Å². The highest BCUT2D eigenvalue weighted by molar-refractivity contribution is 5.83. The molecule has 2 aromatic carbocycles. The molecule has 0 bridgehead atoms. The summed E-state index contributed by atoms with van der Waals surface area (Å²) in [5.41, 5.74) is 3.88. The molecule has 0 spiro atoms. The first-order chi connectivity index (χ1) is 15.7. The third-order valence-corrected chi connectivity index (χ3v) is 6.23. The zero-order chi connectivity index (χ0) is 24.0. The van der Waals surface area contributed by atoms with E-state index in [0.717, 1.165) is 11.1 Å². The first-order valence-electron chi connectivity index (χ1n) is 11.3. The van der Waals surface area contributed by atoms with E-state index in [1.165, 1.54) is 11.1 Å². The van der Waals surface area contributed by atoms with Gasteiger partial charge in [-0.1, -0.05) is 69.3 Å². The van der Waals surface area contributed by atoms with Crippen LogP contribution in [0.25, 0.3) is 11.1 Å². The Morgan fingerprint density at radius 1 is 1.03 bits per heavy atom. The predicted molar refractivity (Wildman–Crippen MR) is 126 cm³/mol. The van der Waals surface area contributed by atoms with Crippen molar-refractivity contribution in [1.29, 1.82) is 0 Å². The molecule has 0 unspecified atom stereocenters. The SMILES string of the molecule is CC[C@@H](CC(=O)O)NC(=O)C(C)(C)CCNC(=O)OCC1c2ccccc2-c2ccccc21. The minimum Gasteiger partial charge on any atom is -0.481 e. The van der Waals surface area contributed by atoms with Gasteiger partial charge in [-0.2, -0.15) is 0 Å². The second-order valence-corrected chi connectivity index (χ2v) is 9.06. The van der Waals surface area contributed by atoms with Crippen molar-refractivity contribution in [3.05, 3.63) is 59.7 Å². The monoisotopic (exact) mass is 452 g/mol. The Morgan fingerprint density at radius 3 is 2.15 bits per heavy atom. The molecule has 1 aliphatic carbocycles. The molecule has 3 N–H and O–H groups in total. The lowest BCUT2D eigenvalue weighted by atomic mass is 9.87. The molecule has 1 atom stereocenters. The molecule has 0 aromatic heterocycles. The number of rotatable bonds is 10. The molecule has 3 rings (SSSR count). The maximum Gasteiger partial charge on any atom is 0.407 e. The van der Waals surface area contributed by atoms with E-state index in [1.807, 2.05) is 31.2 Å². The molecule has 0 heterocycles. The van der Waals surface area contributed by atoms with E-state index in [9.17, 15) is 14.4 Å². The van der Waals surface area contributed by atoms with E-state index >= 15 is 0 Å². The van der Waals surface area contributed by atoms with Gasteiger partial charge in [-0.25, -0.2) is 4.79 Å². The maximum absolute atomic E-state index is 12.6. The molecule has 0 aliphatic heterocycles. The third kappa shape index (κ3) is 5.92. The number of hydrogen-bond acceptors (Lipinski definition) is 4. The van der Waals surface area contributed by atoms with Crippen LogP contribution in [0.15, 0.2) is 48.5 Å². The number of fused-ring (bicyclic) bond motifs is 3. The van der Waals surface area contributed by atoms with Gasteiger partial charge < -0.3 is 20.5 Å². The average molecular weight is 453 g/mol. The van der Waals surface area contributed by atoms with Crippen molar-refractivity contribution in [1.82, 2.24) is 10.6 Å². The van der Waals surface area contributed by atoms with Crippen molar-refractivity contribution >= 4 is 18.0 Å². The van der Waals surface area contributed by atoms with Crippen LogP contribution in [-0.4, -0.2) is 42.3 Å². The number of benzene rings is 2. The smallest absolute Gasteiger partial charge is 0.407 e. The van der Waals surface area contributed by atoms with E-state index in [-0.39, 0.29) is 31.4 Å². The van der Waals surface area contributed by atoms with Gasteiger partial charge in [0.25, 0.3) is 0 Å². The molecule has 0 radical (unpaired) electrons. The maximum atomic E-state index is 12.6. The molecule has 7 nitrogen and oxygen atoms in total. The van der Waals surface area contributed by atoms with Gasteiger partial charge in [0.05, 0.1) is 6.42 Å². The molecule has 2 aromatic rings. The Morgan fingerprint density at radius 2 is 1.61 bits per heavy atom. The Bertz CT molecular complexity index is 972. The normalized spacial score (nSPS) is 13.5. The molecule has 176 valence electrons. The van der Waals surface area contributed by atoms with Crippen LogP contribution in [0.2, 0.25) is 0 Å². The van der Waals surface area contributed by atoms with Crippen LogP contribution in [0.1, 0.15) is 57.1 Å². The summed E-state index contributed by atoms with van der Waals surface area (Å²) >= 11 is 0. The first-order valence-corrected chi connectivity index (χ1v) is 11.3. The Labute approximate surface area is 194 Å². The van der Waals surface area contributed by atoms with Gasteiger partial charge in [0.2, 0.25) is 5.91 Å². The molecular weight excluding hydrogens is 420 g/mol. The summed E-state index contributed by atoms with van der Waals surface area (Å²) in [6.07, 6.45) is 0.292. The minimum absolute atomic E-state index is 0.00872. The van der Waals surface area contributed by atoms with E-state index in [4.69, 9.17) is 9.84 Å². The van der Waals surface area contributed by atoms with Crippen molar-refractivity contribution in [2.45, 2.75) is 52.0 Å². The summed E-state index contributed by atoms with van der Waals surface area (Å²) in [6.45, 7) is 5.88. The number of carbonyl (C=O) groups is 3. The fraction of sp³-hybridized carbons (Fsp3) is 0.423. The van der Waals surface area contributed by atoms with E-state index in [1.54, 1.807) is 13.8 Å². The second-order valence-electron chi connectivity index (χ2n) is 9.06. The molecule has 2 amide bonds. The minimum atomic E-state index is -0.947. The highest BCUT2D eigenvalue weighted by atomic mass is 16.5. The number of alkyl carbamates (subject to hydrolysis) is 1. The number of ether oxygens (including phenoxy) is 1. The number of carbonyl (C=O) groups excluding carboxylic acids is 2. The largest absolute Gasteiger partial charge is 0.481 e. The van der Waals surface area contributed by atoms with Crippen LogP contribution >= 0.6 is 0 Å². The average Bonchev–Trinajstić information content (AvgIpc) is 3.10. The summed E-state index contributed by atoms with van der Waals surface area (Å²) in [5, 5.41) is 14.5. The van der Waals surface area contributed by atoms with E-state index in [2.05, 4.69) is 34.9 Å². The molecule has 0 saturated carbocycles. The molecule has 0 saturated heterocycles. The lowest BCUT2D eigenvalue weighted by Crippen LogP contribution is -2.44. The van der Waals surface area contributed by atoms with Gasteiger partial charge in [-0.05, 0) is 35.1 Å². The predicted octanol–water partition coefficient (Wildman–Crippen LogP) is 4.31. The Balaban J connectivity index is 1.49. The van der Waals surface area contributed by atoms with Crippen LogP contribution in [0, 0.1) is 5.41 Å². The lowest BCUT2D eigenvalue weighted by Gasteiger charge is -2.26. The zero-order valence-corrected chi connectivity index (χ0v) is 19.4. The molecular formula is C26H32N2O5. The van der Waals surface area contributed by atoms with E-state index in [0.29, 0.717) is 12.8 Å².